The van der Waals surface area contributed by atoms with Crippen LogP contribution in [0.25, 0.3) is 0 Å². The van der Waals surface area contributed by atoms with Gasteiger partial charge in [0.1, 0.15) is 0 Å². The molecule has 0 aromatic heterocycles. The molecular weight excluding hydrogens is 999 g/mol. The molecule has 0 amide bonds. The van der Waals surface area contributed by atoms with E-state index in [1.54, 1.807) is 0 Å². The van der Waals surface area contributed by atoms with Gasteiger partial charge < -0.3 is 0 Å². The van der Waals surface area contributed by atoms with Crippen molar-refractivity contribution in [3.05, 3.63) is 0 Å². The van der Waals surface area contributed by atoms with Crippen molar-refractivity contribution in [1.82, 2.24) is 0 Å². The molecule has 0 aliphatic carbocycles. The molecule has 24 heteroatoms. The van der Waals surface area contributed by atoms with Gasteiger partial charge in [0.05, 0.1) is 0 Å². The van der Waals surface area contributed by atoms with E-state index in [0.29, 0.717) is 0 Å². The Bertz CT molecular complexity index is 221. The Balaban J connectivity index is -0.0000000161. The summed E-state index contributed by atoms with van der Waals surface area (Å²) >= 11 is -20.4. The van der Waals surface area contributed by atoms with Gasteiger partial charge >= 0.3 is 147 Å². The second kappa shape index (κ2) is 51.1. The predicted octanol–water partition coefficient (Wildman–Crippen LogP) is -13.3. The molecule has 0 N–H and O–H groups in total. The van der Waals surface area contributed by atoms with Crippen LogP contribution in [0.2, 0.25) is 0 Å². The average Bonchev–Trinajstić information content (AvgIpc) is 1.94. The minimum absolute atomic E-state index is 0. The van der Waals surface area contributed by atoms with E-state index in [1.165, 1.54) is 0 Å². The van der Waals surface area contributed by atoms with Gasteiger partial charge in [-0.15, -0.1) is 0 Å². The monoisotopic (exact) mass is 1000 g/mol. The van der Waals surface area contributed by atoms with E-state index in [0.717, 1.165) is 0 Å². The summed E-state index contributed by atoms with van der Waals surface area (Å²) in [6.45, 7) is 0. The molecule has 0 aromatic carbocycles. The molecule has 15 nitrogen and oxygen atoms in total. The molecule has 140 valence electrons. The van der Waals surface area contributed by atoms with Crippen molar-refractivity contribution in [2.75, 3.05) is 0 Å². The minimum atomic E-state index is -4.08. The first-order valence-electron chi connectivity index (χ1n) is 3.06. The van der Waals surface area contributed by atoms with Crippen LogP contribution in [0.3, 0.4) is 0 Å². The molecule has 0 atom stereocenters. The van der Waals surface area contributed by atoms with E-state index < -0.39 is 93.1 Å². The summed E-state index contributed by atoms with van der Waals surface area (Å²) in [4.78, 5) is 0. The molecule has 0 aliphatic rings. The van der Waals surface area contributed by atoms with Gasteiger partial charge in [-0.25, -0.2) is 0 Å². The molecule has 24 heavy (non-hydrogen) atoms. The van der Waals surface area contributed by atoms with Crippen LogP contribution in [0.4, 0.5) is 0 Å². The summed E-state index contributed by atoms with van der Waals surface area (Å²) in [5.74, 6) is 0. The molecule has 0 aromatic rings. The quantitative estimate of drug-likeness (QED) is 0.204. The van der Waals surface area contributed by atoms with Gasteiger partial charge in [0.15, 0.2) is 0 Å². The molecule has 8 radical (unpaired) electrons. The molecule has 0 fully saturated rings. The second-order valence-corrected chi connectivity index (χ2v) is 5.15. The molecule has 0 saturated heterocycles. The Morgan fingerprint density at radius 3 is 0.333 bits per heavy atom. The van der Waals surface area contributed by atoms with Crippen molar-refractivity contribution >= 4 is 52.4 Å². The summed E-state index contributed by atoms with van der Waals surface area (Å²) in [6, 6.07) is 0. The Morgan fingerprint density at radius 2 is 0.333 bits per heavy atom. The van der Waals surface area contributed by atoms with Crippen LogP contribution < -0.4 is 36.9 Å². The largest absolute Gasteiger partial charge is 0 e. The van der Waals surface area contributed by atoms with Crippen LogP contribution in [-0.2, 0) is 147 Å². The molecular formula is Bi2O15Ti5V2-10. The van der Waals surface area contributed by atoms with Crippen molar-refractivity contribution in [3.63, 3.8) is 0 Å². The van der Waals surface area contributed by atoms with Crippen LogP contribution in [0.15, 0.2) is 0 Å². The number of hydrogen-bond acceptors (Lipinski definition) is 15. The van der Waals surface area contributed by atoms with Gasteiger partial charge in [-0.2, -0.15) is 0 Å². The first-order chi connectivity index (χ1) is 8.66. The standard InChI is InChI=1S/2Bi.15O.5Ti.2V/q;;;;;;;10*-1;;;;;;;. The summed E-state index contributed by atoms with van der Waals surface area (Å²) in [5, 5.41) is 0. The topological polar surface area (TPSA) is 316 Å². The Hall–Kier alpha value is 5.11. The predicted molar refractivity (Wildman–Crippen MR) is 14.9 cm³/mol. The zero-order valence-electron chi connectivity index (χ0n) is 10.4. The van der Waals surface area contributed by atoms with Crippen LogP contribution in [-0.4, -0.2) is 52.4 Å². The van der Waals surface area contributed by atoms with Crippen LogP contribution in [0, 0.1) is 0 Å². The Labute approximate surface area is 231 Å². The number of hydrogen-bond donors (Lipinski definition) is 0. The normalized spacial score (nSPS) is 5.42. The van der Waals surface area contributed by atoms with Crippen LogP contribution >= 0.6 is 0 Å². The van der Waals surface area contributed by atoms with Crippen molar-refractivity contribution in [2.45, 2.75) is 0 Å². The zero-order chi connectivity index (χ0) is 17.9. The van der Waals surface area contributed by atoms with Crippen LogP contribution in [0.5, 0.6) is 0 Å². The smallest absolute Gasteiger partial charge is 0 e. The molecule has 0 rings (SSSR count). The van der Waals surface area contributed by atoms with Gasteiger partial charge in [-0.05, 0) is 0 Å². The van der Waals surface area contributed by atoms with Gasteiger partial charge in [-0.3, -0.25) is 0 Å². The summed E-state index contributed by atoms with van der Waals surface area (Å²) in [6.07, 6.45) is 0. The molecule has 0 unspecified atom stereocenters. The maximum atomic E-state index is 8.58. The van der Waals surface area contributed by atoms with Crippen LogP contribution in [0.1, 0.15) is 0 Å². The van der Waals surface area contributed by atoms with Crippen molar-refractivity contribution < 1.29 is 184 Å². The SMILES string of the molecule is [Bi].[Bi].[O]=[Ti]([O-])[O-].[O]=[Ti]([O-])[O-].[O]=[Ti]([O-])[O-].[O]=[Ti]([O-])[O-].[O]=[Ti]([O-])[O-].[V].[V]. The summed E-state index contributed by atoms with van der Waals surface area (Å²) in [5.41, 5.74) is 0. The van der Waals surface area contributed by atoms with Crippen molar-refractivity contribution in [2.24, 2.45) is 0 Å². The Kier molecular flexibility index (Phi) is 121. The van der Waals surface area contributed by atoms with Crippen molar-refractivity contribution in [1.29, 1.82) is 0 Å². The maximum absolute atomic E-state index is 8.58. The molecule has 0 bridgehead atoms. The second-order valence-electron chi connectivity index (χ2n) is 1.25. The van der Waals surface area contributed by atoms with Gasteiger partial charge in [0, 0.05) is 89.5 Å². The van der Waals surface area contributed by atoms with Gasteiger partial charge in [0.2, 0.25) is 0 Å². The third-order valence-electron chi connectivity index (χ3n) is 0. The fraction of sp³-hybridized carbons (Fsp3) is 0. The van der Waals surface area contributed by atoms with E-state index in [1.807, 2.05) is 0 Å². The minimum Gasteiger partial charge on any atom is 0 e. The molecule has 0 spiro atoms. The van der Waals surface area contributed by atoms with Crippen molar-refractivity contribution in [3.8, 4) is 0 Å². The third-order valence-corrected chi connectivity index (χ3v) is 0. The molecule has 0 saturated carbocycles. The zero-order valence-corrected chi connectivity index (χ0v) is 28.0. The van der Waals surface area contributed by atoms with E-state index in [2.05, 4.69) is 0 Å². The van der Waals surface area contributed by atoms with E-state index >= 15 is 0 Å². The Morgan fingerprint density at radius 1 is 0.333 bits per heavy atom. The summed E-state index contributed by atoms with van der Waals surface area (Å²) in [7, 11) is 0. The molecule has 0 aliphatic heterocycles. The van der Waals surface area contributed by atoms with Gasteiger partial charge in [0.25, 0.3) is 0 Å². The average molecular weight is 999 g/mol. The fourth-order valence-electron chi connectivity index (χ4n) is 0. The summed E-state index contributed by atoms with van der Waals surface area (Å²) < 4.78 is 129. The van der Waals surface area contributed by atoms with E-state index in [9.17, 15) is 0 Å². The van der Waals surface area contributed by atoms with E-state index in [-0.39, 0.29) is 89.5 Å². The van der Waals surface area contributed by atoms with E-state index in [4.69, 9.17) is 53.5 Å². The first kappa shape index (κ1) is 56.9. The fourth-order valence-corrected chi connectivity index (χ4v) is 0. The first-order valence-corrected chi connectivity index (χ1v) is 12.6. The van der Waals surface area contributed by atoms with Gasteiger partial charge in [-0.1, -0.05) is 0 Å². The third kappa shape index (κ3) is 708. The molecule has 0 heterocycles. The maximum Gasteiger partial charge on any atom is 0 e. The number of rotatable bonds is 0.